The molecule has 0 aliphatic rings. The highest BCUT2D eigenvalue weighted by Crippen LogP contribution is 2.34. The average Bonchev–Trinajstić information content (AvgIpc) is 2.78. The van der Waals surface area contributed by atoms with Gasteiger partial charge < -0.3 is 15.0 Å². The molecule has 0 atom stereocenters. The summed E-state index contributed by atoms with van der Waals surface area (Å²) in [6.45, 7) is 3.47. The van der Waals surface area contributed by atoms with Crippen LogP contribution in [0.5, 0.6) is 5.75 Å². The van der Waals surface area contributed by atoms with Crippen molar-refractivity contribution in [3.63, 3.8) is 0 Å². The molecule has 2 heterocycles. The van der Waals surface area contributed by atoms with Crippen molar-refractivity contribution in [3.05, 3.63) is 81.8 Å². The molecule has 0 fully saturated rings. The number of methoxy groups -OCH3 is 1. The number of pyridine rings is 1. The molecule has 0 aliphatic carbocycles. The Morgan fingerprint density at radius 1 is 1.09 bits per heavy atom. The molecule has 4 rings (SSSR count). The van der Waals surface area contributed by atoms with Gasteiger partial charge in [0.15, 0.2) is 5.78 Å². The topological polar surface area (TPSA) is 100 Å². The van der Waals surface area contributed by atoms with Crippen LogP contribution in [-0.2, 0) is 17.8 Å². The smallest absolute Gasteiger partial charge is 0.269 e. The Hall–Kier alpha value is -4.07. The highest BCUT2D eigenvalue weighted by molar-refractivity contribution is 6.22. The van der Waals surface area contributed by atoms with Gasteiger partial charge >= 0.3 is 0 Å². The van der Waals surface area contributed by atoms with Gasteiger partial charge in [-0.15, -0.1) is 0 Å². The molecule has 7 nitrogen and oxygen atoms in total. The van der Waals surface area contributed by atoms with Crippen molar-refractivity contribution in [2.75, 3.05) is 7.11 Å². The molecule has 0 aliphatic heterocycles. The molecule has 168 valence electrons. The first-order chi connectivity index (χ1) is 15.8. The molecule has 2 N–H and O–H groups in total. The highest BCUT2D eigenvalue weighted by Gasteiger charge is 2.19. The Labute approximate surface area is 189 Å². The van der Waals surface area contributed by atoms with Gasteiger partial charge in [-0.2, -0.15) is 0 Å². The van der Waals surface area contributed by atoms with E-state index in [0.717, 1.165) is 5.56 Å². The van der Waals surface area contributed by atoms with Crippen molar-refractivity contribution in [2.45, 2.75) is 26.8 Å². The number of carbonyl (C=O) groups excluding carboxylic acids is 1. The van der Waals surface area contributed by atoms with Gasteiger partial charge in [0.1, 0.15) is 17.1 Å². The molecule has 33 heavy (non-hydrogen) atoms. The molecule has 0 unspecified atom stereocenters. The van der Waals surface area contributed by atoms with E-state index in [0.29, 0.717) is 57.5 Å². The van der Waals surface area contributed by atoms with Crippen molar-refractivity contribution in [1.82, 2.24) is 14.5 Å². The van der Waals surface area contributed by atoms with Gasteiger partial charge in [0.2, 0.25) is 0 Å². The zero-order valence-electron chi connectivity index (χ0n) is 18.6. The summed E-state index contributed by atoms with van der Waals surface area (Å²) in [6.07, 6.45) is 3.39. The number of aryl methyl sites for hydroxylation is 2. The number of allylic oxidation sites excluding steroid dienone is 2. The minimum Gasteiger partial charge on any atom is -0.496 e. The number of aromatic nitrogens is 3. The second kappa shape index (κ2) is 8.82. The number of ketones is 1. The SMILES string of the molecule is COc1cc2c(cc1C(C(C)=O)=C(C)N)ncc1ncc(=O)n(CCc3ccc(F)cc3)c12. The standard InChI is InChI=1S/C25H23FN4O3/c1-14(27)24(15(2)31)19-10-20-18(11-22(19)33-3)25-21(12-28-20)29-13-23(32)30(25)9-8-16-4-6-17(26)7-5-16/h4-7,10-13H,8-9,27H2,1-3H3. The summed E-state index contributed by atoms with van der Waals surface area (Å²) < 4.78 is 20.5. The maximum absolute atomic E-state index is 13.2. The molecule has 8 heteroatoms. The van der Waals surface area contributed by atoms with Gasteiger partial charge in [-0.25, -0.2) is 9.37 Å². The van der Waals surface area contributed by atoms with E-state index in [-0.39, 0.29) is 17.2 Å². The number of fused-ring (bicyclic) bond motifs is 3. The maximum Gasteiger partial charge on any atom is 0.269 e. The first-order valence-corrected chi connectivity index (χ1v) is 10.4. The van der Waals surface area contributed by atoms with Gasteiger partial charge in [-0.3, -0.25) is 14.6 Å². The predicted octanol–water partition coefficient (Wildman–Crippen LogP) is 3.61. The number of nitrogens with zero attached hydrogens (tertiary/aromatic N) is 3. The van der Waals surface area contributed by atoms with E-state index < -0.39 is 0 Å². The Morgan fingerprint density at radius 3 is 2.42 bits per heavy atom. The van der Waals surface area contributed by atoms with Crippen LogP contribution < -0.4 is 16.0 Å². The Bertz CT molecular complexity index is 1470. The van der Waals surface area contributed by atoms with E-state index in [2.05, 4.69) is 9.97 Å². The molecule has 0 bridgehead atoms. The third-order valence-corrected chi connectivity index (χ3v) is 5.54. The lowest BCUT2D eigenvalue weighted by molar-refractivity contribution is -0.111. The number of ether oxygens (including phenoxy) is 1. The van der Waals surface area contributed by atoms with Crippen LogP contribution in [0.2, 0.25) is 0 Å². The van der Waals surface area contributed by atoms with Crippen LogP contribution in [0, 0.1) is 5.82 Å². The van der Waals surface area contributed by atoms with Crippen LogP contribution in [0.4, 0.5) is 4.39 Å². The number of nitrogens with two attached hydrogens (primary N) is 1. The maximum atomic E-state index is 13.2. The minimum atomic E-state index is -0.308. The van der Waals surface area contributed by atoms with Crippen molar-refractivity contribution in [3.8, 4) is 5.75 Å². The molecule has 2 aromatic carbocycles. The number of carbonyl (C=O) groups is 1. The number of Topliss-reactive ketones (excluding diaryl/α,β-unsaturated/α-hetero) is 1. The second-order valence-corrected chi connectivity index (χ2v) is 7.80. The lowest BCUT2D eigenvalue weighted by atomic mass is 9.97. The Balaban J connectivity index is 1.93. The summed E-state index contributed by atoms with van der Waals surface area (Å²) in [5.74, 6) is -0.0589. The quantitative estimate of drug-likeness (QED) is 0.359. The van der Waals surface area contributed by atoms with Crippen LogP contribution in [0.3, 0.4) is 0 Å². The van der Waals surface area contributed by atoms with Crippen LogP contribution in [0.1, 0.15) is 25.0 Å². The summed E-state index contributed by atoms with van der Waals surface area (Å²) >= 11 is 0. The van der Waals surface area contributed by atoms with Gasteiger partial charge in [-0.05, 0) is 50.1 Å². The number of hydrogen-bond acceptors (Lipinski definition) is 6. The minimum absolute atomic E-state index is 0.189. The van der Waals surface area contributed by atoms with Gasteiger partial charge in [0, 0.05) is 28.8 Å². The summed E-state index contributed by atoms with van der Waals surface area (Å²) in [7, 11) is 1.51. The largest absolute Gasteiger partial charge is 0.496 e. The van der Waals surface area contributed by atoms with Crippen molar-refractivity contribution in [1.29, 1.82) is 0 Å². The van der Waals surface area contributed by atoms with E-state index >= 15 is 0 Å². The lowest BCUT2D eigenvalue weighted by Gasteiger charge is -2.16. The average molecular weight is 446 g/mol. The van der Waals surface area contributed by atoms with E-state index in [1.165, 1.54) is 32.4 Å². The van der Waals surface area contributed by atoms with E-state index in [4.69, 9.17) is 10.5 Å². The molecular weight excluding hydrogens is 423 g/mol. The molecule has 0 saturated carbocycles. The number of halogens is 1. The van der Waals surface area contributed by atoms with Crippen LogP contribution in [0.15, 0.2) is 59.3 Å². The third-order valence-electron chi connectivity index (χ3n) is 5.54. The zero-order valence-corrected chi connectivity index (χ0v) is 18.6. The molecule has 2 aromatic heterocycles. The fourth-order valence-electron chi connectivity index (χ4n) is 4.04. The third kappa shape index (κ3) is 4.19. The second-order valence-electron chi connectivity index (χ2n) is 7.80. The number of rotatable bonds is 6. The fourth-order valence-corrected chi connectivity index (χ4v) is 4.04. The van der Waals surface area contributed by atoms with Gasteiger partial charge in [0.05, 0.1) is 30.5 Å². The van der Waals surface area contributed by atoms with Crippen LogP contribution >= 0.6 is 0 Å². The number of hydrogen-bond donors (Lipinski definition) is 1. The molecule has 4 aromatic rings. The van der Waals surface area contributed by atoms with Gasteiger partial charge in [0.25, 0.3) is 5.56 Å². The van der Waals surface area contributed by atoms with Crippen LogP contribution in [-0.4, -0.2) is 27.4 Å². The molecule has 0 saturated heterocycles. The highest BCUT2D eigenvalue weighted by atomic mass is 19.1. The molecule has 0 spiro atoms. The summed E-state index contributed by atoms with van der Waals surface area (Å²) in [5.41, 5.74) is 9.62. The van der Waals surface area contributed by atoms with E-state index in [1.807, 2.05) is 0 Å². The zero-order chi connectivity index (χ0) is 23.7. The molecule has 0 amide bonds. The number of benzene rings is 2. The Kier molecular flexibility index (Phi) is 5.91. The van der Waals surface area contributed by atoms with E-state index in [9.17, 15) is 14.0 Å². The summed E-state index contributed by atoms with van der Waals surface area (Å²) in [6, 6.07) is 9.68. The predicted molar refractivity (Wildman–Crippen MR) is 125 cm³/mol. The fraction of sp³-hybridized carbons (Fsp3) is 0.200. The van der Waals surface area contributed by atoms with E-state index in [1.54, 1.807) is 42.0 Å². The Morgan fingerprint density at radius 2 is 1.79 bits per heavy atom. The van der Waals surface area contributed by atoms with Crippen LogP contribution in [0.25, 0.3) is 27.5 Å². The monoisotopic (exact) mass is 446 g/mol. The first-order valence-electron chi connectivity index (χ1n) is 10.4. The molecule has 0 radical (unpaired) electrons. The summed E-state index contributed by atoms with van der Waals surface area (Å²) in [5, 5.41) is 0.662. The molecular formula is C25H23FN4O3. The van der Waals surface area contributed by atoms with Crippen molar-refractivity contribution >= 4 is 33.3 Å². The summed E-state index contributed by atoms with van der Waals surface area (Å²) in [4.78, 5) is 33.8. The van der Waals surface area contributed by atoms with Crippen molar-refractivity contribution in [2.24, 2.45) is 5.73 Å². The normalized spacial score (nSPS) is 12.1. The van der Waals surface area contributed by atoms with Gasteiger partial charge in [-0.1, -0.05) is 12.1 Å². The van der Waals surface area contributed by atoms with Crippen molar-refractivity contribution < 1.29 is 13.9 Å². The first kappa shape index (κ1) is 22.1. The lowest BCUT2D eigenvalue weighted by Crippen LogP contribution is -2.22.